The van der Waals surface area contributed by atoms with Crippen LogP contribution in [0.1, 0.15) is 0 Å². The zero-order chi connectivity index (χ0) is 0. The van der Waals surface area contributed by atoms with Gasteiger partial charge in [-0.2, -0.15) is 0 Å². The second-order valence-corrected chi connectivity index (χ2v) is 0. The van der Waals surface area contributed by atoms with Crippen molar-refractivity contribution >= 4 is 70.4 Å². The molecule has 6 radical (unpaired) electrons. The molecule has 0 aliphatic rings. The van der Waals surface area contributed by atoms with Crippen LogP contribution in [0, 0.1) is 0 Å². The average molecular weight is 359 g/mol. The van der Waals surface area contributed by atoms with E-state index in [0.29, 0.717) is 0 Å². The maximum absolute atomic E-state index is 0. The average Bonchev–Trinajstić information content (AvgIpc) is 0. The van der Waals surface area contributed by atoms with Crippen LogP contribution >= 0.6 is 0 Å². The molecule has 0 atom stereocenters. The molecule has 0 saturated carbocycles. The Morgan fingerprint density at radius 2 is 0.600 bits per heavy atom. The van der Waals surface area contributed by atoms with Crippen molar-refractivity contribution in [2.24, 2.45) is 0 Å². The topological polar surface area (TPSA) is 0 Å². The van der Waals surface area contributed by atoms with E-state index in [1.54, 1.807) is 0 Å². The van der Waals surface area contributed by atoms with Gasteiger partial charge in [-0.25, -0.2) is 0 Å². The fourth-order valence-corrected chi connectivity index (χ4v) is 0. The molecule has 0 amide bonds. The number of hydrogen-bond donors (Lipinski definition) is 0. The standard InChI is InChI=1S/2GeH3.2GeH2.Ni/h2*1H3;2*1H2;/q;;;;+2. The molecule has 5 heteroatoms. The molecule has 0 nitrogen and oxygen atoms in total. The van der Waals surface area contributed by atoms with E-state index in [0.717, 1.165) is 0 Å². The molecule has 0 rings (SSSR count). The monoisotopic (exact) mass is 364 g/mol. The van der Waals surface area contributed by atoms with Gasteiger partial charge < -0.3 is 0 Å². The van der Waals surface area contributed by atoms with Crippen LogP contribution in [0.4, 0.5) is 0 Å². The van der Waals surface area contributed by atoms with Crippen molar-refractivity contribution in [3.05, 3.63) is 0 Å². The Kier molecular flexibility index (Phi) is 289. The first-order chi connectivity index (χ1) is 0. The Balaban J connectivity index is 0. The summed E-state index contributed by atoms with van der Waals surface area (Å²) in [5.74, 6) is 0. The second-order valence-electron chi connectivity index (χ2n) is 0. The molecule has 0 bridgehead atoms. The smallest absolute Gasteiger partial charge is 2.00 e. The van der Waals surface area contributed by atoms with E-state index in [4.69, 9.17) is 0 Å². The molecule has 0 saturated heterocycles. The maximum atomic E-state index is 0. The summed E-state index contributed by atoms with van der Waals surface area (Å²) in [6.45, 7) is 0. The predicted molar refractivity (Wildman–Crippen MR) is 37.0 cm³/mol. The van der Waals surface area contributed by atoms with E-state index in [-0.39, 0.29) is 86.9 Å². The van der Waals surface area contributed by atoms with Gasteiger partial charge in [0, 0.05) is 0 Å². The zero-order valence-electron chi connectivity index (χ0n) is 3.73. The molecule has 0 aromatic heterocycles. The molecule has 0 aliphatic heterocycles. The molecule has 0 spiro atoms. The van der Waals surface area contributed by atoms with Gasteiger partial charge in [0.25, 0.3) is 0 Å². The first-order valence-corrected chi connectivity index (χ1v) is 0. The first kappa shape index (κ1) is 47.9. The van der Waals surface area contributed by atoms with E-state index in [1.807, 2.05) is 0 Å². The summed E-state index contributed by atoms with van der Waals surface area (Å²) in [5, 5.41) is 0. The summed E-state index contributed by atoms with van der Waals surface area (Å²) < 4.78 is 0. The quantitative estimate of drug-likeness (QED) is 0.385. The summed E-state index contributed by atoms with van der Waals surface area (Å²) in [5.41, 5.74) is 0. The third-order valence-corrected chi connectivity index (χ3v) is 0. The van der Waals surface area contributed by atoms with E-state index >= 15 is 0 Å². The van der Waals surface area contributed by atoms with Gasteiger partial charge in [-0.1, -0.05) is 0 Å². The minimum atomic E-state index is 0. The van der Waals surface area contributed by atoms with Crippen LogP contribution in [-0.4, -0.2) is 70.4 Å². The molecular formula is H10Ge4Ni+2. The molecule has 0 aromatic rings. The Hall–Kier alpha value is 2.66. The molecule has 0 fully saturated rings. The summed E-state index contributed by atoms with van der Waals surface area (Å²) in [4.78, 5) is 0. The van der Waals surface area contributed by atoms with Gasteiger partial charge in [-0.05, 0) is 0 Å². The summed E-state index contributed by atoms with van der Waals surface area (Å²) >= 11 is 0. The molecular weight excluding hydrogens is 349 g/mol. The molecule has 0 heterocycles. The minimum absolute atomic E-state index is 0. The van der Waals surface area contributed by atoms with Crippen LogP contribution in [0.2, 0.25) is 0 Å². The molecule has 5 heavy (non-hydrogen) atoms. The Morgan fingerprint density at radius 3 is 0.600 bits per heavy atom. The van der Waals surface area contributed by atoms with Gasteiger partial charge in [0.15, 0.2) is 0 Å². The van der Waals surface area contributed by atoms with Crippen LogP contribution in [0.5, 0.6) is 0 Å². The SMILES string of the molecule is [GeH2].[GeH2].[GeH3].[GeH3].[Ni+2]. The Bertz CT molecular complexity index is 3.61. The van der Waals surface area contributed by atoms with Crippen molar-refractivity contribution in [3.63, 3.8) is 0 Å². The van der Waals surface area contributed by atoms with E-state index in [9.17, 15) is 0 Å². The largest absolute Gasteiger partial charge is 2.00 e. The van der Waals surface area contributed by atoms with Crippen molar-refractivity contribution in [2.75, 3.05) is 0 Å². The Labute approximate surface area is 85.8 Å². The van der Waals surface area contributed by atoms with Crippen molar-refractivity contribution < 1.29 is 16.5 Å². The van der Waals surface area contributed by atoms with Gasteiger partial charge in [-0.3, -0.25) is 0 Å². The minimum Gasteiger partial charge on any atom is 2.00 e. The normalized spacial score (nSPS) is 0. The molecule has 34 valence electrons. The zero-order valence-corrected chi connectivity index (χ0v) is 19.0. The van der Waals surface area contributed by atoms with Gasteiger partial charge in [0.2, 0.25) is 0 Å². The van der Waals surface area contributed by atoms with E-state index < -0.39 is 0 Å². The third-order valence-electron chi connectivity index (χ3n) is 0. The fraction of sp³-hybridized carbons (Fsp3) is 0. The molecule has 0 N–H and O–H groups in total. The molecule has 0 aliphatic carbocycles. The summed E-state index contributed by atoms with van der Waals surface area (Å²) in [7, 11) is 0. The predicted octanol–water partition coefficient (Wildman–Crippen LogP) is -4.20. The van der Waals surface area contributed by atoms with Crippen molar-refractivity contribution in [2.45, 2.75) is 0 Å². The van der Waals surface area contributed by atoms with E-state index in [2.05, 4.69) is 0 Å². The summed E-state index contributed by atoms with van der Waals surface area (Å²) in [6, 6.07) is 0. The number of hydrogen-bond acceptors (Lipinski definition) is 0. The Morgan fingerprint density at radius 1 is 0.600 bits per heavy atom. The number of rotatable bonds is 0. The van der Waals surface area contributed by atoms with E-state index in [1.165, 1.54) is 0 Å². The van der Waals surface area contributed by atoms with Crippen molar-refractivity contribution in [3.8, 4) is 0 Å². The second kappa shape index (κ2) is 30.1. The fourth-order valence-electron chi connectivity index (χ4n) is 0. The van der Waals surface area contributed by atoms with Crippen LogP contribution in [-0.2, 0) is 16.5 Å². The van der Waals surface area contributed by atoms with Gasteiger partial charge in [0.05, 0.1) is 0 Å². The van der Waals surface area contributed by atoms with Gasteiger partial charge in [-0.15, -0.1) is 0 Å². The molecule has 0 unspecified atom stereocenters. The van der Waals surface area contributed by atoms with Crippen LogP contribution in [0.3, 0.4) is 0 Å². The first-order valence-electron chi connectivity index (χ1n) is 0. The van der Waals surface area contributed by atoms with Crippen LogP contribution in [0.25, 0.3) is 0 Å². The van der Waals surface area contributed by atoms with Crippen LogP contribution in [0.15, 0.2) is 0 Å². The van der Waals surface area contributed by atoms with Gasteiger partial charge >= 0.3 is 86.9 Å². The summed E-state index contributed by atoms with van der Waals surface area (Å²) in [6.07, 6.45) is 0. The van der Waals surface area contributed by atoms with Crippen LogP contribution < -0.4 is 0 Å². The van der Waals surface area contributed by atoms with Gasteiger partial charge in [0.1, 0.15) is 0 Å². The van der Waals surface area contributed by atoms with Crippen molar-refractivity contribution in [1.29, 1.82) is 0 Å². The molecule has 0 aromatic carbocycles. The van der Waals surface area contributed by atoms with Crippen molar-refractivity contribution in [1.82, 2.24) is 0 Å². The maximum Gasteiger partial charge on any atom is 2.00 e. The third kappa shape index (κ3) is 20.4.